The third kappa shape index (κ3) is 8.45. The van der Waals surface area contributed by atoms with Gasteiger partial charge in [0, 0.05) is 37.9 Å². The lowest BCUT2D eigenvalue weighted by atomic mass is 10.2. The van der Waals surface area contributed by atoms with Crippen molar-refractivity contribution < 1.29 is 19.0 Å². The van der Waals surface area contributed by atoms with Crippen LogP contribution in [0.15, 0.2) is 23.2 Å². The quantitative estimate of drug-likeness (QED) is 0.297. The molecule has 0 aliphatic heterocycles. The molecule has 0 bridgehead atoms. The first-order valence-corrected chi connectivity index (χ1v) is 10.1. The Morgan fingerprint density at radius 1 is 1.27 bits per heavy atom. The molecule has 9 heteroatoms. The molecule has 1 aliphatic carbocycles. The highest BCUT2D eigenvalue weighted by Crippen LogP contribution is 2.30. The van der Waals surface area contributed by atoms with E-state index in [1.165, 1.54) is 0 Å². The topological polar surface area (TPSA) is 84.4 Å². The molecular formula is C21H35IN4O4. The molecule has 8 nitrogen and oxygen atoms in total. The Labute approximate surface area is 196 Å². The molecule has 0 saturated heterocycles. The number of hydrogen-bond donors (Lipinski definition) is 2. The van der Waals surface area contributed by atoms with Crippen LogP contribution in [0.3, 0.4) is 0 Å². The van der Waals surface area contributed by atoms with Crippen LogP contribution in [0.25, 0.3) is 0 Å². The Kier molecular flexibility index (Phi) is 10.5. The fraction of sp³-hybridized carbons (Fsp3) is 0.619. The van der Waals surface area contributed by atoms with E-state index in [0.29, 0.717) is 37.2 Å². The second-order valence-corrected chi connectivity index (χ2v) is 7.83. The fourth-order valence-corrected chi connectivity index (χ4v) is 2.76. The minimum atomic E-state index is -0.498. The number of guanidine groups is 1. The summed E-state index contributed by atoms with van der Waals surface area (Å²) in [7, 11) is 3.32. The van der Waals surface area contributed by atoms with Gasteiger partial charge in [0.15, 0.2) is 17.5 Å². The van der Waals surface area contributed by atoms with E-state index < -0.39 is 5.60 Å². The average molecular weight is 534 g/mol. The van der Waals surface area contributed by atoms with Crippen molar-refractivity contribution in [3.63, 3.8) is 0 Å². The van der Waals surface area contributed by atoms with Crippen LogP contribution in [0.2, 0.25) is 0 Å². The van der Waals surface area contributed by atoms with E-state index in [4.69, 9.17) is 14.2 Å². The van der Waals surface area contributed by atoms with E-state index in [1.54, 1.807) is 19.1 Å². The number of methoxy groups -OCH3 is 1. The van der Waals surface area contributed by atoms with Crippen molar-refractivity contribution in [3.05, 3.63) is 18.2 Å². The zero-order chi connectivity index (χ0) is 21.4. The number of anilines is 1. The van der Waals surface area contributed by atoms with Crippen molar-refractivity contribution in [2.24, 2.45) is 4.99 Å². The molecule has 170 valence electrons. The number of amides is 1. The number of halogens is 1. The maximum Gasteiger partial charge on any atom is 0.410 e. The van der Waals surface area contributed by atoms with Crippen LogP contribution in [0.5, 0.6) is 11.5 Å². The largest absolute Gasteiger partial charge is 0.493 e. The number of hydrogen-bond acceptors (Lipinski definition) is 5. The van der Waals surface area contributed by atoms with Crippen LogP contribution >= 0.6 is 24.0 Å². The Morgan fingerprint density at radius 2 is 1.97 bits per heavy atom. The van der Waals surface area contributed by atoms with Gasteiger partial charge in [-0.25, -0.2) is 4.79 Å². The highest BCUT2D eigenvalue weighted by molar-refractivity contribution is 14.0. The molecule has 1 fully saturated rings. The maximum absolute atomic E-state index is 12.4. The van der Waals surface area contributed by atoms with Gasteiger partial charge in [-0.3, -0.25) is 4.99 Å². The third-order valence-corrected chi connectivity index (χ3v) is 4.21. The molecule has 0 atom stereocenters. The first-order chi connectivity index (χ1) is 13.8. The summed E-state index contributed by atoms with van der Waals surface area (Å²) in [4.78, 5) is 18.5. The van der Waals surface area contributed by atoms with Crippen LogP contribution in [0, 0.1) is 0 Å². The summed E-state index contributed by atoms with van der Waals surface area (Å²) in [6.07, 6.45) is 1.79. The number of aliphatic imine (C=N–C) groups is 1. The Morgan fingerprint density at radius 3 is 2.50 bits per heavy atom. The molecule has 0 unspecified atom stereocenters. The number of nitrogens with one attached hydrogen (secondary N) is 2. The predicted molar refractivity (Wildman–Crippen MR) is 131 cm³/mol. The van der Waals surface area contributed by atoms with Gasteiger partial charge in [0.05, 0.1) is 13.7 Å². The van der Waals surface area contributed by atoms with Crippen molar-refractivity contribution in [1.29, 1.82) is 0 Å². The highest BCUT2D eigenvalue weighted by atomic mass is 127. The van der Waals surface area contributed by atoms with Crippen molar-refractivity contribution in [1.82, 2.24) is 10.2 Å². The SMILES string of the molecule is CCOc1cc(NC(=NC)NCCN(C(=O)OC(C)(C)C)C2CC2)ccc1OC.I. The zero-order valence-electron chi connectivity index (χ0n) is 18.8. The van der Waals surface area contributed by atoms with E-state index in [1.807, 2.05) is 45.9 Å². The molecule has 2 rings (SSSR count). The highest BCUT2D eigenvalue weighted by Gasteiger charge is 2.34. The maximum atomic E-state index is 12.4. The zero-order valence-corrected chi connectivity index (χ0v) is 21.1. The van der Waals surface area contributed by atoms with E-state index in [2.05, 4.69) is 15.6 Å². The van der Waals surface area contributed by atoms with Gasteiger partial charge in [-0.15, -0.1) is 24.0 Å². The Balaban J connectivity index is 0.00000450. The van der Waals surface area contributed by atoms with Gasteiger partial charge in [-0.2, -0.15) is 0 Å². The Bertz CT molecular complexity index is 717. The van der Waals surface area contributed by atoms with Gasteiger partial charge in [-0.1, -0.05) is 0 Å². The normalized spacial score (nSPS) is 13.7. The number of carbonyl (C=O) groups excluding carboxylic acids is 1. The molecular weight excluding hydrogens is 499 g/mol. The van der Waals surface area contributed by atoms with E-state index in [0.717, 1.165) is 18.5 Å². The van der Waals surface area contributed by atoms with Gasteiger partial charge in [0.25, 0.3) is 0 Å². The fourth-order valence-electron chi connectivity index (χ4n) is 2.76. The van der Waals surface area contributed by atoms with Crippen molar-refractivity contribution >= 4 is 41.7 Å². The minimum absolute atomic E-state index is 0. The monoisotopic (exact) mass is 534 g/mol. The molecule has 30 heavy (non-hydrogen) atoms. The third-order valence-electron chi connectivity index (χ3n) is 4.21. The summed E-state index contributed by atoms with van der Waals surface area (Å²) in [5.74, 6) is 1.95. The van der Waals surface area contributed by atoms with Crippen LogP contribution in [0.1, 0.15) is 40.5 Å². The van der Waals surface area contributed by atoms with Crippen molar-refractivity contribution in [3.8, 4) is 11.5 Å². The predicted octanol–water partition coefficient (Wildman–Crippen LogP) is 4.10. The summed E-state index contributed by atoms with van der Waals surface area (Å²) in [5, 5.41) is 6.48. The first-order valence-electron chi connectivity index (χ1n) is 10.1. The van der Waals surface area contributed by atoms with Gasteiger partial charge in [-0.05, 0) is 52.7 Å². The first kappa shape index (κ1) is 26.1. The summed E-state index contributed by atoms with van der Waals surface area (Å²) in [6.45, 7) is 9.23. The van der Waals surface area contributed by atoms with Gasteiger partial charge in [0.2, 0.25) is 0 Å². The molecule has 0 spiro atoms. The summed E-state index contributed by atoms with van der Waals surface area (Å²) in [5.41, 5.74) is 0.329. The lowest BCUT2D eigenvalue weighted by Crippen LogP contribution is -2.43. The number of rotatable bonds is 8. The number of nitrogens with zero attached hydrogens (tertiary/aromatic N) is 2. The van der Waals surface area contributed by atoms with Gasteiger partial charge < -0.3 is 29.7 Å². The summed E-state index contributed by atoms with van der Waals surface area (Å²) < 4.78 is 16.5. The molecule has 1 saturated carbocycles. The second-order valence-electron chi connectivity index (χ2n) is 7.83. The smallest absolute Gasteiger partial charge is 0.410 e. The number of benzene rings is 1. The van der Waals surface area contributed by atoms with Crippen molar-refractivity contribution in [2.75, 3.05) is 39.2 Å². The molecule has 0 aromatic heterocycles. The van der Waals surface area contributed by atoms with Gasteiger partial charge in [0.1, 0.15) is 5.60 Å². The molecule has 1 aromatic rings. The van der Waals surface area contributed by atoms with Crippen LogP contribution in [0.4, 0.5) is 10.5 Å². The second kappa shape index (κ2) is 12.1. The average Bonchev–Trinajstić information content (AvgIpc) is 3.48. The summed E-state index contributed by atoms with van der Waals surface area (Å²) >= 11 is 0. The molecule has 1 aromatic carbocycles. The minimum Gasteiger partial charge on any atom is -0.493 e. The summed E-state index contributed by atoms with van der Waals surface area (Å²) in [6, 6.07) is 5.88. The lowest BCUT2D eigenvalue weighted by Gasteiger charge is -2.27. The molecule has 1 aliphatic rings. The van der Waals surface area contributed by atoms with E-state index in [-0.39, 0.29) is 36.1 Å². The van der Waals surface area contributed by atoms with Crippen LogP contribution in [-0.2, 0) is 4.74 Å². The van der Waals surface area contributed by atoms with Crippen LogP contribution in [-0.4, -0.2) is 62.4 Å². The number of carbonyl (C=O) groups is 1. The number of ether oxygens (including phenoxy) is 3. The molecule has 0 heterocycles. The van der Waals surface area contributed by atoms with Crippen molar-refractivity contribution in [2.45, 2.75) is 52.2 Å². The standard InChI is InChI=1S/C21H34N4O4.HI/c1-7-28-18-14-15(8-11-17(18)27-6)24-19(22-5)23-12-13-25(16-9-10-16)20(26)29-21(2,3)4;/h8,11,14,16H,7,9-10,12-13H2,1-6H3,(H2,22,23,24);1H. The Hall–Kier alpha value is -1.91. The molecule has 1 amide bonds. The van der Waals surface area contributed by atoms with E-state index >= 15 is 0 Å². The van der Waals surface area contributed by atoms with Gasteiger partial charge >= 0.3 is 6.09 Å². The van der Waals surface area contributed by atoms with E-state index in [9.17, 15) is 4.79 Å². The molecule has 2 N–H and O–H groups in total. The molecule has 0 radical (unpaired) electrons. The van der Waals surface area contributed by atoms with Crippen LogP contribution < -0.4 is 20.1 Å². The lowest BCUT2D eigenvalue weighted by molar-refractivity contribution is 0.0238.